The van der Waals surface area contributed by atoms with E-state index in [2.05, 4.69) is 13.2 Å². The molecule has 0 N–H and O–H groups in total. The molecule has 0 saturated carbocycles. The second-order valence-electron chi connectivity index (χ2n) is 2.21. The predicted molar refractivity (Wildman–Crippen MR) is 56.6 cm³/mol. The van der Waals surface area contributed by atoms with Gasteiger partial charge in [0.05, 0.1) is 39.6 Å². The van der Waals surface area contributed by atoms with E-state index in [9.17, 15) is 0 Å². The third-order valence-electron chi connectivity index (χ3n) is 1.24. The number of ether oxygens (including phenoxy) is 4. The summed E-state index contributed by atoms with van der Waals surface area (Å²) in [7, 11) is 3.30. The Bertz CT molecular complexity index is 78.2. The maximum Gasteiger partial charge on any atom is 0.0701 e. The van der Waals surface area contributed by atoms with Crippen molar-refractivity contribution in [2.24, 2.45) is 0 Å². The van der Waals surface area contributed by atoms with Gasteiger partial charge in [-0.05, 0) is 0 Å². The SMILES string of the molecule is C=C.COCCOCCOCCOC. The zero-order valence-corrected chi connectivity index (χ0v) is 9.29. The van der Waals surface area contributed by atoms with Crippen LogP contribution in [0, 0.1) is 0 Å². The molecule has 0 fully saturated rings. The van der Waals surface area contributed by atoms with Gasteiger partial charge in [0.1, 0.15) is 0 Å². The van der Waals surface area contributed by atoms with Crippen LogP contribution in [0.1, 0.15) is 0 Å². The first-order chi connectivity index (χ1) is 6.91. The molecular formula is C10H22O4. The maximum absolute atomic E-state index is 5.16. The molecule has 0 saturated heterocycles. The van der Waals surface area contributed by atoms with Gasteiger partial charge in [-0.25, -0.2) is 0 Å². The first-order valence-corrected chi connectivity index (χ1v) is 4.55. The van der Waals surface area contributed by atoms with Crippen molar-refractivity contribution in [1.82, 2.24) is 0 Å². The van der Waals surface area contributed by atoms with Gasteiger partial charge in [0.25, 0.3) is 0 Å². The van der Waals surface area contributed by atoms with E-state index in [1.807, 2.05) is 0 Å². The molecule has 86 valence electrons. The summed E-state index contributed by atoms with van der Waals surface area (Å²) in [6.07, 6.45) is 0. The first kappa shape index (κ1) is 16.0. The lowest BCUT2D eigenvalue weighted by Gasteiger charge is -2.04. The van der Waals surface area contributed by atoms with Crippen LogP contribution in [-0.2, 0) is 18.9 Å². The molecule has 0 heterocycles. The van der Waals surface area contributed by atoms with Crippen molar-refractivity contribution in [1.29, 1.82) is 0 Å². The molecule has 0 amide bonds. The minimum atomic E-state index is 0.618. The standard InChI is InChI=1S/C8H18O4.C2H4/c1-9-3-5-11-7-8-12-6-4-10-2;1-2/h3-8H2,1-2H3;1-2H2. The normalized spacial score (nSPS) is 9.29. The highest BCUT2D eigenvalue weighted by molar-refractivity contribution is 4.32. The fourth-order valence-corrected chi connectivity index (χ4v) is 0.606. The quantitative estimate of drug-likeness (QED) is 0.418. The lowest BCUT2D eigenvalue weighted by atomic mass is 10.7. The van der Waals surface area contributed by atoms with Gasteiger partial charge in [-0.2, -0.15) is 0 Å². The summed E-state index contributed by atoms with van der Waals surface area (Å²) < 4.78 is 19.9. The van der Waals surface area contributed by atoms with Crippen LogP contribution >= 0.6 is 0 Å². The molecule has 0 aliphatic heterocycles. The van der Waals surface area contributed by atoms with Gasteiger partial charge in [-0.15, -0.1) is 13.2 Å². The molecule has 0 aromatic rings. The fraction of sp³-hybridized carbons (Fsp3) is 0.800. The Morgan fingerprint density at radius 3 is 1.21 bits per heavy atom. The summed E-state index contributed by atoms with van der Waals surface area (Å²) >= 11 is 0. The molecule has 4 heteroatoms. The van der Waals surface area contributed by atoms with Crippen molar-refractivity contribution in [2.45, 2.75) is 0 Å². The Morgan fingerprint density at radius 2 is 0.929 bits per heavy atom. The summed E-state index contributed by atoms with van der Waals surface area (Å²) in [5, 5.41) is 0. The van der Waals surface area contributed by atoms with Crippen molar-refractivity contribution in [3.8, 4) is 0 Å². The molecule has 0 atom stereocenters. The number of hydrogen-bond donors (Lipinski definition) is 0. The Labute approximate surface area is 86.8 Å². The van der Waals surface area contributed by atoms with Crippen LogP contribution in [0.5, 0.6) is 0 Å². The van der Waals surface area contributed by atoms with Crippen LogP contribution < -0.4 is 0 Å². The van der Waals surface area contributed by atoms with Crippen LogP contribution in [-0.4, -0.2) is 53.9 Å². The molecule has 0 spiro atoms. The average molecular weight is 206 g/mol. The largest absolute Gasteiger partial charge is 0.382 e. The summed E-state index contributed by atoms with van der Waals surface area (Å²) in [4.78, 5) is 0. The van der Waals surface area contributed by atoms with E-state index in [0.717, 1.165) is 0 Å². The monoisotopic (exact) mass is 206 g/mol. The second-order valence-corrected chi connectivity index (χ2v) is 2.21. The molecule has 0 rings (SSSR count). The molecule has 0 aliphatic carbocycles. The van der Waals surface area contributed by atoms with Crippen molar-refractivity contribution >= 4 is 0 Å². The highest BCUT2D eigenvalue weighted by Crippen LogP contribution is 1.79. The molecule has 0 aliphatic rings. The second kappa shape index (κ2) is 18.4. The van der Waals surface area contributed by atoms with E-state index in [-0.39, 0.29) is 0 Å². The van der Waals surface area contributed by atoms with E-state index in [0.29, 0.717) is 39.6 Å². The highest BCUT2D eigenvalue weighted by atomic mass is 16.5. The van der Waals surface area contributed by atoms with Gasteiger partial charge in [-0.3, -0.25) is 0 Å². The summed E-state index contributed by atoms with van der Waals surface area (Å²) in [5.74, 6) is 0. The van der Waals surface area contributed by atoms with Gasteiger partial charge in [0.15, 0.2) is 0 Å². The van der Waals surface area contributed by atoms with Gasteiger partial charge in [0.2, 0.25) is 0 Å². The third-order valence-corrected chi connectivity index (χ3v) is 1.24. The smallest absolute Gasteiger partial charge is 0.0701 e. The van der Waals surface area contributed by atoms with Gasteiger partial charge in [0, 0.05) is 14.2 Å². The molecule has 14 heavy (non-hydrogen) atoms. The van der Waals surface area contributed by atoms with Crippen LogP contribution in [0.2, 0.25) is 0 Å². The lowest BCUT2D eigenvalue weighted by Crippen LogP contribution is -2.10. The number of rotatable bonds is 9. The van der Waals surface area contributed by atoms with Crippen molar-refractivity contribution in [2.75, 3.05) is 53.9 Å². The molecule has 0 unspecified atom stereocenters. The Kier molecular flexibility index (Phi) is 21.0. The van der Waals surface area contributed by atoms with E-state index in [1.165, 1.54) is 0 Å². The van der Waals surface area contributed by atoms with Crippen LogP contribution in [0.4, 0.5) is 0 Å². The zero-order valence-electron chi connectivity index (χ0n) is 9.29. The van der Waals surface area contributed by atoms with E-state index < -0.39 is 0 Å². The Morgan fingerprint density at radius 1 is 0.643 bits per heavy atom. The molecule has 0 aromatic carbocycles. The predicted octanol–water partition coefficient (Wildman–Crippen LogP) is 1.11. The Balaban J connectivity index is 0. The minimum absolute atomic E-state index is 0.618. The van der Waals surface area contributed by atoms with Gasteiger partial charge >= 0.3 is 0 Å². The fourth-order valence-electron chi connectivity index (χ4n) is 0.606. The van der Waals surface area contributed by atoms with Crippen LogP contribution in [0.25, 0.3) is 0 Å². The molecule has 0 radical (unpaired) electrons. The van der Waals surface area contributed by atoms with E-state index >= 15 is 0 Å². The molecule has 4 nitrogen and oxygen atoms in total. The zero-order chi connectivity index (χ0) is 11.1. The summed E-state index contributed by atoms with van der Waals surface area (Å²) in [6.45, 7) is 9.77. The maximum atomic E-state index is 5.16. The molecule has 0 aromatic heterocycles. The number of hydrogen-bond acceptors (Lipinski definition) is 4. The van der Waals surface area contributed by atoms with Gasteiger partial charge in [-0.1, -0.05) is 0 Å². The van der Waals surface area contributed by atoms with Crippen LogP contribution in [0.3, 0.4) is 0 Å². The molecule has 0 bridgehead atoms. The summed E-state index contributed by atoms with van der Waals surface area (Å²) in [6, 6.07) is 0. The number of methoxy groups -OCH3 is 2. The average Bonchev–Trinajstić information content (AvgIpc) is 2.25. The van der Waals surface area contributed by atoms with Crippen LogP contribution in [0.15, 0.2) is 13.2 Å². The lowest BCUT2D eigenvalue weighted by molar-refractivity contribution is 0.0106. The highest BCUT2D eigenvalue weighted by Gasteiger charge is 1.88. The first-order valence-electron chi connectivity index (χ1n) is 4.55. The van der Waals surface area contributed by atoms with Crippen molar-refractivity contribution in [3.05, 3.63) is 13.2 Å². The van der Waals surface area contributed by atoms with Gasteiger partial charge < -0.3 is 18.9 Å². The van der Waals surface area contributed by atoms with Crippen molar-refractivity contribution < 1.29 is 18.9 Å². The minimum Gasteiger partial charge on any atom is -0.382 e. The van der Waals surface area contributed by atoms with Crippen molar-refractivity contribution in [3.63, 3.8) is 0 Å². The topological polar surface area (TPSA) is 36.9 Å². The Hall–Kier alpha value is -0.420. The third kappa shape index (κ3) is 17.6. The summed E-state index contributed by atoms with van der Waals surface area (Å²) in [5.41, 5.74) is 0. The van der Waals surface area contributed by atoms with E-state index in [1.54, 1.807) is 14.2 Å². The molecular weight excluding hydrogens is 184 g/mol. The van der Waals surface area contributed by atoms with E-state index in [4.69, 9.17) is 18.9 Å².